The Bertz CT molecular complexity index is 2330. The van der Waals surface area contributed by atoms with E-state index < -0.39 is 0 Å². The van der Waals surface area contributed by atoms with Crippen molar-refractivity contribution in [1.29, 1.82) is 0 Å². The molecular weight excluding hydrogens is 496 g/mol. The quantitative estimate of drug-likeness (QED) is 0.163. The van der Waals surface area contributed by atoms with Crippen LogP contribution in [-0.4, -0.2) is 0 Å². The van der Waals surface area contributed by atoms with Gasteiger partial charge in [-0.2, -0.15) is 0 Å². The van der Waals surface area contributed by atoms with Crippen LogP contribution in [0.15, 0.2) is 146 Å². The zero-order valence-electron chi connectivity index (χ0n) is 22.3. The van der Waals surface area contributed by atoms with Crippen LogP contribution in [0.2, 0.25) is 0 Å². The molecule has 0 aromatic heterocycles. The number of fused-ring (bicyclic) bond motifs is 6. The van der Waals surface area contributed by atoms with Crippen molar-refractivity contribution in [3.8, 4) is 44.9 Å². The van der Waals surface area contributed by atoms with Crippen LogP contribution in [0, 0.1) is 0 Å². The summed E-state index contributed by atoms with van der Waals surface area (Å²) in [6.45, 7) is 0. The van der Waals surface area contributed by atoms with Crippen molar-refractivity contribution in [1.82, 2.24) is 0 Å². The van der Waals surface area contributed by atoms with Gasteiger partial charge >= 0.3 is 0 Å². The summed E-state index contributed by atoms with van der Waals surface area (Å²) in [5, 5.41) is 10.0. The lowest BCUT2D eigenvalue weighted by molar-refractivity contribution is 0.487. The van der Waals surface area contributed by atoms with Gasteiger partial charge in [-0.3, -0.25) is 0 Å². The molecule has 1 nitrogen and oxygen atoms in total. The maximum atomic E-state index is 6.36. The molecule has 0 spiro atoms. The fourth-order valence-corrected chi connectivity index (χ4v) is 6.80. The fourth-order valence-electron chi connectivity index (χ4n) is 6.80. The number of rotatable bonds is 2. The van der Waals surface area contributed by atoms with Gasteiger partial charge in [0.25, 0.3) is 0 Å². The predicted octanol–water partition coefficient (Wildman–Crippen LogP) is 11.4. The third-order valence-electron chi connectivity index (χ3n) is 8.63. The number of para-hydroxylation sites is 1. The average molecular weight is 521 g/mol. The van der Waals surface area contributed by atoms with Crippen LogP contribution in [0.25, 0.3) is 76.5 Å². The van der Waals surface area contributed by atoms with Crippen molar-refractivity contribution in [2.45, 2.75) is 0 Å². The van der Waals surface area contributed by atoms with Gasteiger partial charge in [-0.15, -0.1) is 0 Å². The van der Waals surface area contributed by atoms with Crippen molar-refractivity contribution in [2.24, 2.45) is 0 Å². The summed E-state index contributed by atoms with van der Waals surface area (Å²) in [7, 11) is 0. The molecule has 0 amide bonds. The molecule has 190 valence electrons. The van der Waals surface area contributed by atoms with E-state index in [4.69, 9.17) is 4.74 Å². The molecule has 9 rings (SSSR count). The van der Waals surface area contributed by atoms with Crippen molar-refractivity contribution >= 4 is 43.1 Å². The highest BCUT2D eigenvalue weighted by atomic mass is 16.5. The smallest absolute Gasteiger partial charge is 0.135 e. The summed E-state index contributed by atoms with van der Waals surface area (Å²) in [6, 6.07) is 52.6. The molecule has 8 aromatic carbocycles. The highest BCUT2D eigenvalue weighted by Crippen LogP contribution is 2.49. The molecule has 0 saturated heterocycles. The van der Waals surface area contributed by atoms with E-state index in [-0.39, 0.29) is 0 Å². The second-order valence-electron chi connectivity index (χ2n) is 10.9. The molecule has 0 radical (unpaired) electrons. The number of ether oxygens (including phenoxy) is 1. The van der Waals surface area contributed by atoms with E-state index in [1.54, 1.807) is 0 Å². The molecule has 8 aromatic rings. The number of hydrogen-bond acceptors (Lipinski definition) is 1. The van der Waals surface area contributed by atoms with Crippen LogP contribution < -0.4 is 4.74 Å². The lowest BCUT2D eigenvalue weighted by Gasteiger charge is -2.22. The Morgan fingerprint density at radius 3 is 2.07 bits per heavy atom. The lowest BCUT2D eigenvalue weighted by Crippen LogP contribution is -1.97. The van der Waals surface area contributed by atoms with Crippen LogP contribution in [0.3, 0.4) is 0 Å². The van der Waals surface area contributed by atoms with E-state index in [2.05, 4.69) is 133 Å². The first kappa shape index (κ1) is 22.4. The lowest BCUT2D eigenvalue weighted by atomic mass is 9.87. The second kappa shape index (κ2) is 8.55. The maximum Gasteiger partial charge on any atom is 0.135 e. The Labute approximate surface area is 237 Å². The predicted molar refractivity (Wildman–Crippen MR) is 173 cm³/mol. The molecule has 0 saturated carbocycles. The van der Waals surface area contributed by atoms with Crippen LogP contribution in [0.1, 0.15) is 0 Å². The van der Waals surface area contributed by atoms with Gasteiger partial charge in [0.1, 0.15) is 11.5 Å². The minimum absolute atomic E-state index is 0.915. The Morgan fingerprint density at radius 1 is 0.341 bits per heavy atom. The zero-order valence-corrected chi connectivity index (χ0v) is 22.3. The van der Waals surface area contributed by atoms with E-state index in [0.717, 1.165) is 17.1 Å². The molecular formula is C40H24O. The molecule has 1 aliphatic heterocycles. The molecule has 1 heteroatoms. The van der Waals surface area contributed by atoms with Crippen LogP contribution in [-0.2, 0) is 0 Å². The first-order chi connectivity index (χ1) is 20.3. The van der Waals surface area contributed by atoms with Crippen LogP contribution >= 0.6 is 0 Å². The molecule has 1 heterocycles. The normalized spacial score (nSPS) is 12.1. The van der Waals surface area contributed by atoms with Gasteiger partial charge in [-0.25, -0.2) is 0 Å². The Hall–Kier alpha value is -5.40. The van der Waals surface area contributed by atoms with Gasteiger partial charge in [-0.1, -0.05) is 121 Å². The van der Waals surface area contributed by atoms with E-state index >= 15 is 0 Å². The average Bonchev–Trinajstić information content (AvgIpc) is 3.04. The molecule has 0 unspecified atom stereocenters. The van der Waals surface area contributed by atoms with Gasteiger partial charge < -0.3 is 4.74 Å². The fraction of sp³-hybridized carbons (Fsp3) is 0. The summed E-state index contributed by atoms with van der Waals surface area (Å²) < 4.78 is 6.36. The molecule has 1 aliphatic rings. The molecule has 0 fully saturated rings. The molecule has 41 heavy (non-hydrogen) atoms. The van der Waals surface area contributed by atoms with Crippen LogP contribution in [0.4, 0.5) is 0 Å². The Morgan fingerprint density at radius 2 is 1.12 bits per heavy atom. The SMILES string of the molecule is c1ccc(-c2c3ccc(-c4ccc5c6c(cccc46)-c4ccccc4O5)cc3cc3c2ccc2ccccc23)cc1. The van der Waals surface area contributed by atoms with Crippen molar-refractivity contribution in [3.05, 3.63) is 146 Å². The highest BCUT2D eigenvalue weighted by Gasteiger charge is 2.21. The first-order valence-electron chi connectivity index (χ1n) is 14.1. The highest BCUT2D eigenvalue weighted by molar-refractivity contribution is 6.20. The van der Waals surface area contributed by atoms with E-state index in [0.29, 0.717) is 0 Å². The summed E-state index contributed by atoms with van der Waals surface area (Å²) >= 11 is 0. The second-order valence-corrected chi connectivity index (χ2v) is 10.9. The molecule has 0 bridgehead atoms. The third-order valence-corrected chi connectivity index (χ3v) is 8.63. The summed E-state index contributed by atoms with van der Waals surface area (Å²) in [6.07, 6.45) is 0. The first-order valence-corrected chi connectivity index (χ1v) is 14.1. The standard InChI is InChI=1S/C40H24O/c1-2-10-26(11-3-1)39-31-19-18-27(23-28(31)24-36-29-12-5-4-9-25(29)17-20-35(36)39)30-21-22-38-40-33(30)14-8-15-34(40)32-13-6-7-16-37(32)41-38/h1-24H. The molecule has 0 N–H and O–H groups in total. The molecule has 0 aliphatic carbocycles. The van der Waals surface area contributed by atoms with Gasteiger partial charge in [0.2, 0.25) is 0 Å². The zero-order chi connectivity index (χ0) is 26.9. The molecule has 0 atom stereocenters. The van der Waals surface area contributed by atoms with Crippen molar-refractivity contribution < 1.29 is 4.74 Å². The minimum atomic E-state index is 0.915. The largest absolute Gasteiger partial charge is 0.456 e. The summed E-state index contributed by atoms with van der Waals surface area (Å²) in [5.41, 5.74) is 7.33. The van der Waals surface area contributed by atoms with Gasteiger partial charge in [-0.05, 0) is 89.8 Å². The van der Waals surface area contributed by atoms with Crippen molar-refractivity contribution in [3.63, 3.8) is 0 Å². The van der Waals surface area contributed by atoms with E-state index in [1.807, 2.05) is 12.1 Å². The Kier molecular flexibility index (Phi) is 4.67. The maximum absolute atomic E-state index is 6.36. The van der Waals surface area contributed by atoms with Gasteiger partial charge in [0.15, 0.2) is 0 Å². The van der Waals surface area contributed by atoms with E-state index in [1.165, 1.54) is 70.9 Å². The minimum Gasteiger partial charge on any atom is -0.456 e. The van der Waals surface area contributed by atoms with Crippen LogP contribution in [0.5, 0.6) is 11.5 Å². The van der Waals surface area contributed by atoms with Crippen molar-refractivity contribution in [2.75, 3.05) is 0 Å². The summed E-state index contributed by atoms with van der Waals surface area (Å²) in [4.78, 5) is 0. The van der Waals surface area contributed by atoms with E-state index in [9.17, 15) is 0 Å². The van der Waals surface area contributed by atoms with Gasteiger partial charge in [0, 0.05) is 10.9 Å². The topological polar surface area (TPSA) is 9.23 Å². The van der Waals surface area contributed by atoms with Gasteiger partial charge in [0.05, 0.1) is 0 Å². The Balaban J connectivity index is 1.34. The monoisotopic (exact) mass is 520 g/mol. The third kappa shape index (κ3) is 3.30. The number of benzene rings is 8. The number of hydrogen-bond donors (Lipinski definition) is 0. The summed E-state index contributed by atoms with van der Waals surface area (Å²) in [5.74, 6) is 1.83.